The molecule has 0 saturated carbocycles. The second-order valence-electron chi connectivity index (χ2n) is 4.76. The summed E-state index contributed by atoms with van der Waals surface area (Å²) in [4.78, 5) is 4.47. The van der Waals surface area contributed by atoms with E-state index in [2.05, 4.69) is 40.4 Å². The van der Waals surface area contributed by atoms with Crippen molar-refractivity contribution in [3.05, 3.63) is 55.1 Å². The summed E-state index contributed by atoms with van der Waals surface area (Å²) in [5.41, 5.74) is 0. The third-order valence-electron chi connectivity index (χ3n) is 3.13. The zero-order valence-corrected chi connectivity index (χ0v) is 13.0. The van der Waals surface area contributed by atoms with E-state index < -0.39 is 0 Å². The molecule has 0 fully saturated rings. The number of fused-ring (bicyclic) bond motifs is 1. The van der Waals surface area contributed by atoms with E-state index in [0.717, 1.165) is 23.6 Å². The van der Waals surface area contributed by atoms with Crippen LogP contribution in [-0.4, -0.2) is 32.2 Å². The smallest absolute Gasteiger partial charge is 0.191 e. The standard InChI is InChI=1S/C18H23N3O/c1-3-12-20-18(19-4-2)21-13-14-22-17-11-7-9-15-8-5-6-10-16(15)17/h3,5-11H,1,4,12-14H2,2H3,(H2,19,20,21). The highest BCUT2D eigenvalue weighted by atomic mass is 16.5. The minimum absolute atomic E-state index is 0.540. The van der Waals surface area contributed by atoms with Crippen LogP contribution in [0.3, 0.4) is 0 Å². The molecule has 0 heterocycles. The number of hydrogen-bond donors (Lipinski definition) is 2. The molecule has 0 aliphatic rings. The molecule has 2 aromatic rings. The normalized spacial score (nSPS) is 11.2. The van der Waals surface area contributed by atoms with Gasteiger partial charge in [0.2, 0.25) is 0 Å². The van der Waals surface area contributed by atoms with Gasteiger partial charge < -0.3 is 15.4 Å². The maximum atomic E-state index is 5.87. The van der Waals surface area contributed by atoms with Crippen LogP contribution in [0.4, 0.5) is 0 Å². The van der Waals surface area contributed by atoms with Crippen molar-refractivity contribution in [1.29, 1.82) is 0 Å². The van der Waals surface area contributed by atoms with E-state index in [-0.39, 0.29) is 0 Å². The molecule has 0 bridgehead atoms. The number of guanidine groups is 1. The van der Waals surface area contributed by atoms with Gasteiger partial charge in [-0.25, -0.2) is 4.99 Å². The summed E-state index contributed by atoms with van der Waals surface area (Å²) in [6, 6.07) is 14.3. The van der Waals surface area contributed by atoms with Crippen molar-refractivity contribution >= 4 is 16.7 Å². The SMILES string of the molecule is C=CCNC(=NCCOc1cccc2ccccc12)NCC. The Bertz CT molecular complexity index is 632. The second kappa shape index (κ2) is 8.72. The van der Waals surface area contributed by atoms with E-state index in [1.165, 1.54) is 5.39 Å². The van der Waals surface area contributed by atoms with Gasteiger partial charge in [0.25, 0.3) is 0 Å². The molecular weight excluding hydrogens is 274 g/mol. The van der Waals surface area contributed by atoms with Crippen LogP contribution in [0, 0.1) is 0 Å². The van der Waals surface area contributed by atoms with Crippen LogP contribution in [0.1, 0.15) is 6.92 Å². The predicted molar refractivity (Wildman–Crippen MR) is 93.6 cm³/mol. The van der Waals surface area contributed by atoms with Crippen molar-refractivity contribution < 1.29 is 4.74 Å². The van der Waals surface area contributed by atoms with Crippen LogP contribution in [0.15, 0.2) is 60.1 Å². The molecule has 22 heavy (non-hydrogen) atoms. The molecule has 0 atom stereocenters. The molecule has 0 aliphatic carbocycles. The van der Waals surface area contributed by atoms with Crippen LogP contribution in [-0.2, 0) is 0 Å². The fourth-order valence-corrected chi connectivity index (χ4v) is 2.15. The van der Waals surface area contributed by atoms with Gasteiger partial charge >= 0.3 is 0 Å². The second-order valence-corrected chi connectivity index (χ2v) is 4.76. The van der Waals surface area contributed by atoms with Crippen molar-refractivity contribution in [3.8, 4) is 5.75 Å². The van der Waals surface area contributed by atoms with Gasteiger partial charge in [0.1, 0.15) is 12.4 Å². The van der Waals surface area contributed by atoms with Gasteiger partial charge in [0.05, 0.1) is 6.54 Å². The third-order valence-corrected chi connectivity index (χ3v) is 3.13. The van der Waals surface area contributed by atoms with Crippen molar-refractivity contribution in [2.75, 3.05) is 26.2 Å². The summed E-state index contributed by atoms with van der Waals surface area (Å²) in [6.07, 6.45) is 1.81. The Morgan fingerprint density at radius 2 is 2.00 bits per heavy atom. The minimum atomic E-state index is 0.540. The zero-order chi connectivity index (χ0) is 15.6. The van der Waals surface area contributed by atoms with Crippen LogP contribution >= 0.6 is 0 Å². The lowest BCUT2D eigenvalue weighted by Gasteiger charge is -2.11. The predicted octanol–water partition coefficient (Wildman–Crippen LogP) is 2.96. The third kappa shape index (κ3) is 4.52. The number of benzene rings is 2. The molecular formula is C18H23N3O. The first-order chi connectivity index (χ1) is 10.8. The molecule has 2 N–H and O–H groups in total. The number of ether oxygens (including phenoxy) is 1. The van der Waals surface area contributed by atoms with Crippen LogP contribution in [0.25, 0.3) is 10.8 Å². The van der Waals surface area contributed by atoms with Crippen LogP contribution in [0.2, 0.25) is 0 Å². The molecule has 4 heteroatoms. The Morgan fingerprint density at radius 3 is 2.82 bits per heavy atom. The number of aliphatic imine (C=N–C) groups is 1. The van der Waals surface area contributed by atoms with Crippen molar-refractivity contribution in [1.82, 2.24) is 10.6 Å². The van der Waals surface area contributed by atoms with Crippen molar-refractivity contribution in [2.24, 2.45) is 4.99 Å². The van der Waals surface area contributed by atoms with Gasteiger partial charge in [-0.3, -0.25) is 0 Å². The highest BCUT2D eigenvalue weighted by molar-refractivity contribution is 5.88. The molecule has 2 aromatic carbocycles. The summed E-state index contributed by atoms with van der Waals surface area (Å²) in [6.45, 7) is 8.38. The molecule has 0 radical (unpaired) electrons. The molecule has 0 amide bonds. The fraction of sp³-hybridized carbons (Fsp3) is 0.278. The summed E-state index contributed by atoms with van der Waals surface area (Å²) in [7, 11) is 0. The molecule has 116 valence electrons. The lowest BCUT2D eigenvalue weighted by Crippen LogP contribution is -2.37. The lowest BCUT2D eigenvalue weighted by atomic mass is 10.1. The van der Waals surface area contributed by atoms with Gasteiger partial charge in [-0.2, -0.15) is 0 Å². The highest BCUT2D eigenvalue weighted by Gasteiger charge is 2.01. The van der Waals surface area contributed by atoms with E-state index in [1.807, 2.05) is 31.2 Å². The number of nitrogens with zero attached hydrogens (tertiary/aromatic N) is 1. The van der Waals surface area contributed by atoms with Gasteiger partial charge in [-0.1, -0.05) is 42.5 Å². The monoisotopic (exact) mass is 297 g/mol. The van der Waals surface area contributed by atoms with E-state index in [1.54, 1.807) is 6.08 Å². The summed E-state index contributed by atoms with van der Waals surface area (Å²) >= 11 is 0. The van der Waals surface area contributed by atoms with Crippen LogP contribution < -0.4 is 15.4 Å². The number of rotatable bonds is 7. The van der Waals surface area contributed by atoms with Gasteiger partial charge in [-0.05, 0) is 18.4 Å². The highest BCUT2D eigenvalue weighted by Crippen LogP contribution is 2.24. The van der Waals surface area contributed by atoms with E-state index in [4.69, 9.17) is 4.74 Å². The molecule has 0 aliphatic heterocycles. The average Bonchev–Trinajstić information content (AvgIpc) is 2.56. The topological polar surface area (TPSA) is 45.7 Å². The Kier molecular flexibility index (Phi) is 6.30. The number of nitrogens with one attached hydrogen (secondary N) is 2. The first kappa shape index (κ1) is 15.9. The maximum absolute atomic E-state index is 5.87. The van der Waals surface area contributed by atoms with Crippen molar-refractivity contribution in [3.63, 3.8) is 0 Å². The zero-order valence-electron chi connectivity index (χ0n) is 13.0. The molecule has 0 unspecified atom stereocenters. The Labute approximate surface area is 131 Å². The van der Waals surface area contributed by atoms with Gasteiger partial charge in [-0.15, -0.1) is 6.58 Å². The Balaban J connectivity index is 1.93. The fourth-order valence-electron chi connectivity index (χ4n) is 2.15. The quantitative estimate of drug-likeness (QED) is 0.357. The number of hydrogen-bond acceptors (Lipinski definition) is 2. The maximum Gasteiger partial charge on any atom is 0.191 e. The molecule has 4 nitrogen and oxygen atoms in total. The Morgan fingerprint density at radius 1 is 1.18 bits per heavy atom. The van der Waals surface area contributed by atoms with Gasteiger partial charge in [0.15, 0.2) is 5.96 Å². The Hall–Kier alpha value is -2.49. The van der Waals surface area contributed by atoms with E-state index in [0.29, 0.717) is 19.7 Å². The first-order valence-electron chi connectivity index (χ1n) is 7.58. The van der Waals surface area contributed by atoms with E-state index >= 15 is 0 Å². The van der Waals surface area contributed by atoms with E-state index in [9.17, 15) is 0 Å². The molecule has 0 spiro atoms. The summed E-state index contributed by atoms with van der Waals surface area (Å²) < 4.78 is 5.87. The minimum Gasteiger partial charge on any atom is -0.491 e. The van der Waals surface area contributed by atoms with Crippen LogP contribution in [0.5, 0.6) is 5.75 Å². The first-order valence-corrected chi connectivity index (χ1v) is 7.58. The molecule has 0 aromatic heterocycles. The summed E-state index contributed by atoms with van der Waals surface area (Å²) in [5, 5.41) is 8.66. The largest absolute Gasteiger partial charge is 0.491 e. The lowest BCUT2D eigenvalue weighted by molar-refractivity contribution is 0.332. The van der Waals surface area contributed by atoms with Gasteiger partial charge in [0, 0.05) is 18.5 Å². The average molecular weight is 297 g/mol. The van der Waals surface area contributed by atoms with Crippen molar-refractivity contribution in [2.45, 2.75) is 6.92 Å². The molecule has 2 rings (SSSR count). The molecule has 0 saturated heterocycles. The summed E-state index contributed by atoms with van der Waals surface area (Å²) in [5.74, 6) is 1.68.